The van der Waals surface area contributed by atoms with Gasteiger partial charge in [0, 0.05) is 15.1 Å². The van der Waals surface area contributed by atoms with Crippen LogP contribution < -0.4 is 5.32 Å². The van der Waals surface area contributed by atoms with Crippen molar-refractivity contribution in [3.63, 3.8) is 0 Å². The van der Waals surface area contributed by atoms with Gasteiger partial charge in [-0.3, -0.25) is 9.78 Å². The summed E-state index contributed by atoms with van der Waals surface area (Å²) in [6.45, 7) is 1.91. The molecule has 3 nitrogen and oxygen atoms in total. The van der Waals surface area contributed by atoms with Gasteiger partial charge >= 0.3 is 0 Å². The van der Waals surface area contributed by atoms with E-state index in [0.29, 0.717) is 5.56 Å². The number of amides is 1. The Morgan fingerprint density at radius 1 is 1.26 bits per heavy atom. The summed E-state index contributed by atoms with van der Waals surface area (Å²) in [6, 6.07) is 11.0. The molecule has 1 aromatic carbocycles. The fourth-order valence-corrected chi connectivity index (χ4v) is 2.44. The maximum atomic E-state index is 12.2. The summed E-state index contributed by atoms with van der Waals surface area (Å²) in [7, 11) is 0. The molecule has 2 aromatic rings. The molecule has 0 aliphatic rings. The number of halogens is 2. The highest BCUT2D eigenvalue weighted by Crippen LogP contribution is 2.22. The summed E-state index contributed by atoms with van der Waals surface area (Å²) < 4.78 is 1.63. The fourth-order valence-electron chi connectivity index (χ4n) is 1.65. The number of nitrogens with zero attached hydrogens (tertiary/aromatic N) is 1. The first-order valence-electron chi connectivity index (χ1n) is 5.75. The lowest BCUT2D eigenvalue weighted by molar-refractivity contribution is 0.0938. The molecule has 0 saturated heterocycles. The molecule has 1 unspecified atom stereocenters. The van der Waals surface area contributed by atoms with Crippen molar-refractivity contribution in [1.29, 1.82) is 0 Å². The lowest BCUT2D eigenvalue weighted by Crippen LogP contribution is -2.27. The molecule has 1 aromatic heterocycles. The van der Waals surface area contributed by atoms with Crippen LogP contribution in [0.4, 0.5) is 0 Å². The average Bonchev–Trinajstić information content (AvgIpc) is 2.42. The molecule has 1 atom stereocenters. The Morgan fingerprint density at radius 2 is 2.05 bits per heavy atom. The molecule has 0 bridgehead atoms. The second-order valence-electron chi connectivity index (χ2n) is 4.07. The molecule has 0 spiro atoms. The largest absolute Gasteiger partial charge is 0.344 e. The SMILES string of the molecule is CC(NC(=O)c1cc(Br)ccc1Br)c1ccccn1. The van der Waals surface area contributed by atoms with Gasteiger partial charge in [-0.15, -0.1) is 0 Å². The molecule has 2 rings (SSSR count). The zero-order valence-electron chi connectivity index (χ0n) is 10.2. The van der Waals surface area contributed by atoms with E-state index in [1.165, 1.54) is 0 Å². The van der Waals surface area contributed by atoms with Crippen molar-refractivity contribution < 1.29 is 4.79 Å². The van der Waals surface area contributed by atoms with Crippen LogP contribution in [-0.4, -0.2) is 10.9 Å². The lowest BCUT2D eigenvalue weighted by Gasteiger charge is -2.14. The van der Waals surface area contributed by atoms with E-state index in [4.69, 9.17) is 0 Å². The van der Waals surface area contributed by atoms with Crippen LogP contribution in [0.1, 0.15) is 29.0 Å². The summed E-state index contributed by atoms with van der Waals surface area (Å²) in [5.74, 6) is -0.133. The molecule has 0 aliphatic heterocycles. The number of pyridine rings is 1. The van der Waals surface area contributed by atoms with Crippen molar-refractivity contribution in [2.45, 2.75) is 13.0 Å². The maximum absolute atomic E-state index is 12.2. The van der Waals surface area contributed by atoms with Crippen LogP contribution in [0.25, 0.3) is 0 Å². The van der Waals surface area contributed by atoms with Crippen LogP contribution in [0.2, 0.25) is 0 Å². The third-order valence-corrected chi connectivity index (χ3v) is 3.84. The first-order valence-corrected chi connectivity index (χ1v) is 7.33. The van der Waals surface area contributed by atoms with Crippen molar-refractivity contribution in [3.05, 3.63) is 62.8 Å². The van der Waals surface area contributed by atoms with E-state index >= 15 is 0 Å². The summed E-state index contributed by atoms with van der Waals surface area (Å²) >= 11 is 6.74. The third kappa shape index (κ3) is 3.64. The Labute approximate surface area is 128 Å². The second-order valence-corrected chi connectivity index (χ2v) is 5.84. The number of nitrogens with one attached hydrogen (secondary N) is 1. The van der Waals surface area contributed by atoms with E-state index in [0.717, 1.165) is 14.6 Å². The Balaban J connectivity index is 2.15. The van der Waals surface area contributed by atoms with Crippen LogP contribution in [0.15, 0.2) is 51.5 Å². The van der Waals surface area contributed by atoms with Gasteiger partial charge in [-0.05, 0) is 53.2 Å². The van der Waals surface area contributed by atoms with Crippen molar-refractivity contribution in [1.82, 2.24) is 10.3 Å². The second kappa shape index (κ2) is 6.30. The molecule has 5 heteroatoms. The molecule has 0 aliphatic carbocycles. The highest BCUT2D eigenvalue weighted by Gasteiger charge is 2.14. The van der Waals surface area contributed by atoms with Crippen LogP contribution in [0, 0.1) is 0 Å². The minimum atomic E-state index is -0.139. The van der Waals surface area contributed by atoms with Gasteiger partial charge in [0.05, 0.1) is 17.3 Å². The molecule has 0 fully saturated rings. The number of hydrogen-bond acceptors (Lipinski definition) is 2. The maximum Gasteiger partial charge on any atom is 0.252 e. The minimum Gasteiger partial charge on any atom is -0.344 e. The normalized spacial score (nSPS) is 11.9. The van der Waals surface area contributed by atoms with E-state index in [-0.39, 0.29) is 11.9 Å². The molecule has 19 heavy (non-hydrogen) atoms. The standard InChI is InChI=1S/C14H12Br2N2O/c1-9(13-4-2-3-7-17-13)18-14(19)11-8-10(15)5-6-12(11)16/h2-9H,1H3,(H,18,19). The van der Waals surface area contributed by atoms with E-state index in [1.807, 2.05) is 37.3 Å². The molecular weight excluding hydrogens is 372 g/mol. The highest BCUT2D eigenvalue weighted by atomic mass is 79.9. The molecule has 98 valence electrons. The van der Waals surface area contributed by atoms with Crippen molar-refractivity contribution in [3.8, 4) is 0 Å². The number of carbonyl (C=O) groups is 1. The molecule has 1 N–H and O–H groups in total. The Morgan fingerprint density at radius 3 is 2.74 bits per heavy atom. The topological polar surface area (TPSA) is 42.0 Å². The van der Waals surface area contributed by atoms with Gasteiger partial charge in [0.1, 0.15) is 0 Å². The third-order valence-electron chi connectivity index (χ3n) is 2.65. The van der Waals surface area contributed by atoms with Gasteiger partial charge in [0.2, 0.25) is 0 Å². The zero-order valence-corrected chi connectivity index (χ0v) is 13.4. The van der Waals surface area contributed by atoms with Gasteiger partial charge in [-0.25, -0.2) is 0 Å². The Kier molecular flexibility index (Phi) is 4.71. The van der Waals surface area contributed by atoms with E-state index in [2.05, 4.69) is 42.2 Å². The Bertz CT molecular complexity index is 587. The van der Waals surface area contributed by atoms with Crippen LogP contribution in [-0.2, 0) is 0 Å². The van der Waals surface area contributed by atoms with E-state index in [9.17, 15) is 4.79 Å². The van der Waals surface area contributed by atoms with Crippen molar-refractivity contribution >= 4 is 37.8 Å². The summed E-state index contributed by atoms with van der Waals surface area (Å²) in [4.78, 5) is 16.4. The Hall–Kier alpha value is -1.20. The predicted octanol–water partition coefficient (Wildman–Crippen LogP) is 4.10. The fraction of sp³-hybridized carbons (Fsp3) is 0.143. The van der Waals surface area contributed by atoms with Gasteiger partial charge in [-0.1, -0.05) is 22.0 Å². The van der Waals surface area contributed by atoms with Gasteiger partial charge < -0.3 is 5.32 Å². The van der Waals surface area contributed by atoms with E-state index in [1.54, 1.807) is 12.3 Å². The van der Waals surface area contributed by atoms with Gasteiger partial charge in [0.25, 0.3) is 5.91 Å². The van der Waals surface area contributed by atoms with E-state index < -0.39 is 0 Å². The van der Waals surface area contributed by atoms with Crippen molar-refractivity contribution in [2.75, 3.05) is 0 Å². The van der Waals surface area contributed by atoms with Gasteiger partial charge in [-0.2, -0.15) is 0 Å². The predicted molar refractivity (Wildman–Crippen MR) is 82.0 cm³/mol. The molecule has 0 saturated carbocycles. The molecule has 0 radical (unpaired) electrons. The highest BCUT2D eigenvalue weighted by molar-refractivity contribution is 9.11. The number of aromatic nitrogens is 1. The first kappa shape index (κ1) is 14.2. The van der Waals surface area contributed by atoms with Crippen molar-refractivity contribution in [2.24, 2.45) is 0 Å². The van der Waals surface area contributed by atoms with Gasteiger partial charge in [0.15, 0.2) is 0 Å². The monoisotopic (exact) mass is 382 g/mol. The summed E-state index contributed by atoms with van der Waals surface area (Å²) in [6.07, 6.45) is 1.72. The number of carbonyl (C=O) groups excluding carboxylic acids is 1. The average molecular weight is 384 g/mol. The van der Waals surface area contributed by atoms with Crippen LogP contribution in [0.5, 0.6) is 0 Å². The first-order chi connectivity index (χ1) is 9.08. The zero-order chi connectivity index (χ0) is 13.8. The van der Waals surface area contributed by atoms with Crippen LogP contribution >= 0.6 is 31.9 Å². The molecule has 1 heterocycles. The molecular formula is C14H12Br2N2O. The number of benzene rings is 1. The lowest BCUT2D eigenvalue weighted by atomic mass is 10.1. The minimum absolute atomic E-state index is 0.133. The summed E-state index contributed by atoms with van der Waals surface area (Å²) in [5.41, 5.74) is 1.43. The number of hydrogen-bond donors (Lipinski definition) is 1. The quantitative estimate of drug-likeness (QED) is 0.866. The number of rotatable bonds is 3. The smallest absolute Gasteiger partial charge is 0.252 e. The van der Waals surface area contributed by atoms with Crippen LogP contribution in [0.3, 0.4) is 0 Å². The molecule has 1 amide bonds. The summed E-state index contributed by atoms with van der Waals surface area (Å²) in [5, 5.41) is 2.93.